The van der Waals surface area contributed by atoms with Crippen molar-refractivity contribution in [3.63, 3.8) is 0 Å². The molecule has 1 aliphatic heterocycles. The Morgan fingerprint density at radius 1 is 0.933 bits per heavy atom. The standard InChI is InChI=1S/C21H26N6O2S/c1-16-6-8-18(9-7-16)30(28,29)26-12-10-25(11-13-26)20-19-21(23-14-22-20)27(15-24-19)17-4-2-3-5-17/h6-9,14-15,17H,2-5,10-13H2,1H3. The molecule has 0 unspecified atom stereocenters. The van der Waals surface area contributed by atoms with Crippen molar-refractivity contribution in [2.75, 3.05) is 31.1 Å². The third-order valence-corrected chi connectivity index (χ3v) is 8.17. The molecule has 9 heteroatoms. The number of fused-ring (bicyclic) bond motifs is 1. The molecule has 1 aliphatic carbocycles. The van der Waals surface area contributed by atoms with Crippen LogP contribution in [0.3, 0.4) is 0 Å². The molecule has 0 amide bonds. The lowest BCUT2D eigenvalue weighted by Crippen LogP contribution is -2.49. The van der Waals surface area contributed by atoms with Gasteiger partial charge in [0.05, 0.1) is 11.2 Å². The van der Waals surface area contributed by atoms with Crippen molar-refractivity contribution in [2.24, 2.45) is 0 Å². The van der Waals surface area contributed by atoms with E-state index in [-0.39, 0.29) is 0 Å². The molecule has 2 fully saturated rings. The highest BCUT2D eigenvalue weighted by molar-refractivity contribution is 7.89. The van der Waals surface area contributed by atoms with Gasteiger partial charge in [0.2, 0.25) is 10.0 Å². The molecule has 30 heavy (non-hydrogen) atoms. The van der Waals surface area contributed by atoms with E-state index in [9.17, 15) is 8.42 Å². The first-order chi connectivity index (χ1) is 14.5. The van der Waals surface area contributed by atoms with Gasteiger partial charge < -0.3 is 9.47 Å². The Kier molecular flexibility index (Phi) is 4.94. The van der Waals surface area contributed by atoms with Crippen LogP contribution in [-0.4, -0.2) is 58.4 Å². The number of aryl methyl sites for hydroxylation is 1. The molecule has 1 saturated carbocycles. The largest absolute Gasteiger partial charge is 0.352 e. The molecule has 0 N–H and O–H groups in total. The van der Waals surface area contributed by atoms with Crippen LogP contribution in [0.2, 0.25) is 0 Å². The number of aromatic nitrogens is 4. The second-order valence-electron chi connectivity index (χ2n) is 8.16. The van der Waals surface area contributed by atoms with Crippen molar-refractivity contribution in [3.05, 3.63) is 42.5 Å². The zero-order valence-corrected chi connectivity index (χ0v) is 17.9. The molecule has 3 heterocycles. The second kappa shape index (κ2) is 7.63. The van der Waals surface area contributed by atoms with Gasteiger partial charge in [0.25, 0.3) is 0 Å². The van der Waals surface area contributed by atoms with E-state index in [4.69, 9.17) is 0 Å². The minimum Gasteiger partial charge on any atom is -0.352 e. The van der Waals surface area contributed by atoms with Crippen molar-refractivity contribution < 1.29 is 8.42 Å². The van der Waals surface area contributed by atoms with Crippen molar-refractivity contribution in [2.45, 2.75) is 43.5 Å². The average Bonchev–Trinajstić information content (AvgIpc) is 3.43. The fourth-order valence-electron chi connectivity index (χ4n) is 4.52. The normalized spacial score (nSPS) is 19.0. The number of hydrogen-bond donors (Lipinski definition) is 0. The number of sulfonamides is 1. The lowest BCUT2D eigenvalue weighted by Gasteiger charge is -2.34. The van der Waals surface area contributed by atoms with Crippen molar-refractivity contribution in [1.82, 2.24) is 23.8 Å². The molecule has 0 atom stereocenters. The summed E-state index contributed by atoms with van der Waals surface area (Å²) in [6.45, 7) is 3.95. The summed E-state index contributed by atoms with van der Waals surface area (Å²) < 4.78 is 29.7. The van der Waals surface area contributed by atoms with Gasteiger partial charge in [-0.25, -0.2) is 23.4 Å². The smallest absolute Gasteiger partial charge is 0.243 e. The van der Waals surface area contributed by atoms with Gasteiger partial charge in [0.15, 0.2) is 17.0 Å². The fourth-order valence-corrected chi connectivity index (χ4v) is 5.94. The quantitative estimate of drug-likeness (QED) is 0.638. The summed E-state index contributed by atoms with van der Waals surface area (Å²) in [7, 11) is -3.48. The van der Waals surface area contributed by atoms with Gasteiger partial charge in [-0.1, -0.05) is 30.5 Å². The Balaban J connectivity index is 1.35. The van der Waals surface area contributed by atoms with E-state index in [1.165, 1.54) is 25.7 Å². The van der Waals surface area contributed by atoms with Crippen LogP contribution in [0.5, 0.6) is 0 Å². The minimum absolute atomic E-state index is 0.348. The molecule has 158 valence electrons. The highest BCUT2D eigenvalue weighted by atomic mass is 32.2. The number of piperazine rings is 1. The molecule has 0 bridgehead atoms. The first kappa shape index (κ1) is 19.4. The molecule has 2 aliphatic rings. The molecule has 5 rings (SSSR count). The van der Waals surface area contributed by atoms with E-state index in [1.54, 1.807) is 22.8 Å². The predicted molar refractivity (Wildman–Crippen MR) is 115 cm³/mol. The van der Waals surface area contributed by atoms with Gasteiger partial charge in [0.1, 0.15) is 6.33 Å². The van der Waals surface area contributed by atoms with Crippen LogP contribution in [0.15, 0.2) is 41.8 Å². The number of imidazole rings is 1. The van der Waals surface area contributed by atoms with Gasteiger partial charge in [-0.15, -0.1) is 0 Å². The molecule has 8 nitrogen and oxygen atoms in total. The SMILES string of the molecule is Cc1ccc(S(=O)(=O)N2CCN(c3ncnc4c3ncn4C3CCCC3)CC2)cc1. The van der Waals surface area contributed by atoms with Crippen LogP contribution in [0.25, 0.3) is 11.2 Å². The zero-order valence-electron chi connectivity index (χ0n) is 17.1. The summed E-state index contributed by atoms with van der Waals surface area (Å²) in [5.41, 5.74) is 2.73. The van der Waals surface area contributed by atoms with Crippen molar-refractivity contribution in [1.29, 1.82) is 0 Å². The Morgan fingerprint density at radius 3 is 2.33 bits per heavy atom. The molecule has 1 saturated heterocycles. The van der Waals surface area contributed by atoms with Gasteiger partial charge in [0, 0.05) is 32.2 Å². The first-order valence-electron chi connectivity index (χ1n) is 10.5. The van der Waals surface area contributed by atoms with Crippen molar-refractivity contribution in [3.8, 4) is 0 Å². The van der Waals surface area contributed by atoms with Crippen LogP contribution in [0, 0.1) is 6.92 Å². The zero-order chi connectivity index (χ0) is 20.7. The van der Waals surface area contributed by atoms with Crippen LogP contribution < -0.4 is 4.90 Å². The third kappa shape index (κ3) is 3.35. The van der Waals surface area contributed by atoms with Gasteiger partial charge >= 0.3 is 0 Å². The van der Waals surface area contributed by atoms with Crippen LogP contribution >= 0.6 is 0 Å². The summed E-state index contributed by atoms with van der Waals surface area (Å²) in [6, 6.07) is 7.50. The average molecular weight is 427 g/mol. The Bertz CT molecular complexity index is 1140. The van der Waals surface area contributed by atoms with Crippen LogP contribution in [0.1, 0.15) is 37.3 Å². The van der Waals surface area contributed by atoms with E-state index < -0.39 is 10.0 Å². The van der Waals surface area contributed by atoms with E-state index >= 15 is 0 Å². The molecule has 3 aromatic rings. The third-order valence-electron chi connectivity index (χ3n) is 6.25. The maximum Gasteiger partial charge on any atom is 0.243 e. The maximum atomic E-state index is 13.0. The second-order valence-corrected chi connectivity index (χ2v) is 10.1. The Morgan fingerprint density at radius 2 is 1.63 bits per heavy atom. The van der Waals surface area contributed by atoms with E-state index in [1.807, 2.05) is 25.4 Å². The van der Waals surface area contributed by atoms with Crippen molar-refractivity contribution >= 4 is 27.0 Å². The summed E-state index contributed by atoms with van der Waals surface area (Å²) in [4.78, 5) is 16.1. The van der Waals surface area contributed by atoms with E-state index in [0.717, 1.165) is 22.5 Å². The summed E-state index contributed by atoms with van der Waals surface area (Å²) in [5, 5.41) is 0. The molecule has 1 aromatic carbocycles. The number of hydrogen-bond acceptors (Lipinski definition) is 6. The first-order valence-corrected chi connectivity index (χ1v) is 12.0. The van der Waals surface area contributed by atoms with Gasteiger partial charge in [-0.2, -0.15) is 4.31 Å². The summed E-state index contributed by atoms with van der Waals surface area (Å²) >= 11 is 0. The molecule has 0 radical (unpaired) electrons. The monoisotopic (exact) mass is 426 g/mol. The molecule has 0 spiro atoms. The predicted octanol–water partition coefficient (Wildman–Crippen LogP) is 2.76. The molecule has 2 aromatic heterocycles. The number of nitrogens with zero attached hydrogens (tertiary/aromatic N) is 6. The minimum atomic E-state index is -3.48. The lowest BCUT2D eigenvalue weighted by atomic mass is 10.2. The molecular formula is C21H26N6O2S. The van der Waals surface area contributed by atoms with Crippen LogP contribution in [0.4, 0.5) is 5.82 Å². The lowest BCUT2D eigenvalue weighted by molar-refractivity contribution is 0.384. The number of anilines is 1. The summed E-state index contributed by atoms with van der Waals surface area (Å²) in [6.07, 6.45) is 8.32. The fraction of sp³-hybridized carbons (Fsp3) is 0.476. The maximum absolute atomic E-state index is 13.0. The van der Waals surface area contributed by atoms with Gasteiger partial charge in [-0.3, -0.25) is 0 Å². The highest BCUT2D eigenvalue weighted by Gasteiger charge is 2.30. The van der Waals surface area contributed by atoms with E-state index in [2.05, 4.69) is 24.4 Å². The highest BCUT2D eigenvalue weighted by Crippen LogP contribution is 2.33. The molecular weight excluding hydrogens is 400 g/mol. The van der Waals surface area contributed by atoms with E-state index in [0.29, 0.717) is 37.1 Å². The number of benzene rings is 1. The topological polar surface area (TPSA) is 84.2 Å². The Labute approximate surface area is 176 Å². The Hall–Kier alpha value is -2.52. The van der Waals surface area contributed by atoms with Gasteiger partial charge in [-0.05, 0) is 31.9 Å². The summed E-state index contributed by atoms with van der Waals surface area (Å²) in [5.74, 6) is 0.795. The van der Waals surface area contributed by atoms with Crippen LogP contribution in [-0.2, 0) is 10.0 Å². The number of rotatable bonds is 4.